The Morgan fingerprint density at radius 3 is 2.19 bits per heavy atom. The van der Waals surface area contributed by atoms with Crippen molar-refractivity contribution in [3.8, 4) is 0 Å². The van der Waals surface area contributed by atoms with Crippen LogP contribution in [0.3, 0.4) is 0 Å². The van der Waals surface area contributed by atoms with Gasteiger partial charge in [-0.25, -0.2) is 4.39 Å². The van der Waals surface area contributed by atoms with Crippen molar-refractivity contribution in [1.82, 2.24) is 0 Å². The number of rotatable bonds is 3. The van der Waals surface area contributed by atoms with Crippen molar-refractivity contribution >= 4 is 23.4 Å². The number of hydrogen-bond donors (Lipinski definition) is 0. The van der Waals surface area contributed by atoms with E-state index in [0.29, 0.717) is 0 Å². The van der Waals surface area contributed by atoms with E-state index >= 15 is 0 Å². The van der Waals surface area contributed by atoms with Crippen molar-refractivity contribution in [2.45, 2.75) is 10.6 Å². The van der Waals surface area contributed by atoms with E-state index in [1.54, 1.807) is 23.9 Å². The molecule has 2 aromatic rings. The fraction of sp³-hybridized carbons (Fsp3) is 0.0769. The van der Waals surface area contributed by atoms with Crippen LogP contribution in [-0.2, 0) is 5.75 Å². The van der Waals surface area contributed by atoms with Crippen LogP contribution in [0, 0.1) is 5.82 Å². The highest BCUT2D eigenvalue weighted by Crippen LogP contribution is 2.23. The fourth-order valence-electron chi connectivity index (χ4n) is 1.28. The van der Waals surface area contributed by atoms with Crippen molar-refractivity contribution < 1.29 is 4.39 Å². The minimum atomic E-state index is -0.198. The first-order chi connectivity index (χ1) is 7.74. The van der Waals surface area contributed by atoms with Gasteiger partial charge in [0.25, 0.3) is 0 Å². The molecule has 0 spiro atoms. The van der Waals surface area contributed by atoms with Crippen LogP contribution in [-0.4, -0.2) is 0 Å². The van der Waals surface area contributed by atoms with Crippen molar-refractivity contribution in [2.75, 3.05) is 0 Å². The summed E-state index contributed by atoms with van der Waals surface area (Å²) in [6, 6.07) is 14.3. The molecule has 0 aliphatic carbocycles. The Bertz CT molecular complexity index is 405. The molecular weight excluding hydrogens is 243 g/mol. The molecule has 0 atom stereocenters. The zero-order valence-corrected chi connectivity index (χ0v) is 10.1. The SMILES string of the molecule is Fc1ccc(SCc2ccc(Cl)cc2)cc1. The summed E-state index contributed by atoms with van der Waals surface area (Å²) in [7, 11) is 0. The Labute approximate surface area is 103 Å². The molecule has 0 aromatic heterocycles. The first-order valence-corrected chi connectivity index (χ1v) is 6.23. The topological polar surface area (TPSA) is 0 Å². The Morgan fingerprint density at radius 2 is 1.56 bits per heavy atom. The maximum atomic E-state index is 12.7. The molecule has 3 heteroatoms. The van der Waals surface area contributed by atoms with Crippen LogP contribution in [0.2, 0.25) is 5.02 Å². The van der Waals surface area contributed by atoms with Gasteiger partial charge >= 0.3 is 0 Å². The van der Waals surface area contributed by atoms with Gasteiger partial charge in [-0.3, -0.25) is 0 Å². The molecule has 0 heterocycles. The molecular formula is C13H10ClFS. The summed E-state index contributed by atoms with van der Waals surface area (Å²) in [5.74, 6) is 0.666. The summed E-state index contributed by atoms with van der Waals surface area (Å²) >= 11 is 7.48. The van der Waals surface area contributed by atoms with Gasteiger partial charge in [-0.2, -0.15) is 0 Å². The largest absolute Gasteiger partial charge is 0.207 e. The van der Waals surface area contributed by atoms with E-state index < -0.39 is 0 Å². The second-order valence-electron chi connectivity index (χ2n) is 3.37. The lowest BCUT2D eigenvalue weighted by molar-refractivity contribution is 0.626. The number of benzene rings is 2. The molecule has 2 aromatic carbocycles. The second-order valence-corrected chi connectivity index (χ2v) is 4.85. The van der Waals surface area contributed by atoms with Crippen molar-refractivity contribution in [2.24, 2.45) is 0 Å². The third kappa shape index (κ3) is 3.26. The van der Waals surface area contributed by atoms with Gasteiger partial charge in [0.1, 0.15) is 5.82 Å². The van der Waals surface area contributed by atoms with Gasteiger partial charge in [-0.05, 0) is 42.0 Å². The van der Waals surface area contributed by atoms with E-state index in [-0.39, 0.29) is 5.82 Å². The molecule has 16 heavy (non-hydrogen) atoms. The van der Waals surface area contributed by atoms with E-state index in [1.807, 2.05) is 24.3 Å². The Morgan fingerprint density at radius 1 is 0.938 bits per heavy atom. The molecule has 82 valence electrons. The number of hydrogen-bond acceptors (Lipinski definition) is 1. The molecule has 0 bridgehead atoms. The van der Waals surface area contributed by atoms with Gasteiger partial charge in [0, 0.05) is 15.7 Å². The summed E-state index contributed by atoms with van der Waals surface area (Å²) in [6.07, 6.45) is 0. The molecule has 0 saturated heterocycles. The standard InChI is InChI=1S/C13H10ClFS/c14-11-3-1-10(2-4-11)9-16-13-7-5-12(15)6-8-13/h1-8H,9H2. The quantitative estimate of drug-likeness (QED) is 0.709. The van der Waals surface area contributed by atoms with Crippen LogP contribution in [0.15, 0.2) is 53.4 Å². The van der Waals surface area contributed by atoms with E-state index in [0.717, 1.165) is 15.7 Å². The normalized spacial score (nSPS) is 10.4. The predicted octanol–water partition coefficient (Wildman–Crippen LogP) is 4.77. The maximum Gasteiger partial charge on any atom is 0.123 e. The first kappa shape index (κ1) is 11.5. The second kappa shape index (κ2) is 5.37. The van der Waals surface area contributed by atoms with Gasteiger partial charge in [0.15, 0.2) is 0 Å². The summed E-state index contributed by atoms with van der Waals surface area (Å²) in [5, 5.41) is 0.746. The molecule has 0 aliphatic heterocycles. The monoisotopic (exact) mass is 252 g/mol. The summed E-state index contributed by atoms with van der Waals surface area (Å²) < 4.78 is 12.7. The highest BCUT2D eigenvalue weighted by Gasteiger charge is 1.97. The summed E-state index contributed by atoms with van der Waals surface area (Å²) in [5.41, 5.74) is 1.21. The Hall–Kier alpha value is -0.990. The highest BCUT2D eigenvalue weighted by atomic mass is 35.5. The Kier molecular flexibility index (Phi) is 3.86. The fourth-order valence-corrected chi connectivity index (χ4v) is 2.26. The van der Waals surface area contributed by atoms with Crippen LogP contribution in [0.4, 0.5) is 4.39 Å². The van der Waals surface area contributed by atoms with E-state index in [1.165, 1.54) is 17.7 Å². The zero-order valence-electron chi connectivity index (χ0n) is 8.49. The maximum absolute atomic E-state index is 12.7. The average molecular weight is 253 g/mol. The molecule has 0 N–H and O–H groups in total. The molecule has 2 rings (SSSR count). The van der Waals surface area contributed by atoms with Gasteiger partial charge < -0.3 is 0 Å². The zero-order chi connectivity index (χ0) is 11.4. The van der Waals surface area contributed by atoms with Gasteiger partial charge in [-0.15, -0.1) is 11.8 Å². The molecule has 0 amide bonds. The van der Waals surface area contributed by atoms with Crippen LogP contribution in [0.25, 0.3) is 0 Å². The lowest BCUT2D eigenvalue weighted by Crippen LogP contribution is -1.80. The van der Waals surface area contributed by atoms with E-state index in [9.17, 15) is 4.39 Å². The Balaban J connectivity index is 1.97. The first-order valence-electron chi connectivity index (χ1n) is 4.87. The van der Waals surface area contributed by atoms with Gasteiger partial charge in [-0.1, -0.05) is 23.7 Å². The predicted molar refractivity (Wildman–Crippen MR) is 67.4 cm³/mol. The molecule has 0 fully saturated rings. The number of thioether (sulfide) groups is 1. The van der Waals surface area contributed by atoms with Crippen molar-refractivity contribution in [3.05, 3.63) is 64.9 Å². The van der Waals surface area contributed by atoms with Crippen LogP contribution >= 0.6 is 23.4 Å². The summed E-state index contributed by atoms with van der Waals surface area (Å²) in [6.45, 7) is 0. The minimum absolute atomic E-state index is 0.198. The molecule has 0 unspecified atom stereocenters. The van der Waals surface area contributed by atoms with Crippen LogP contribution in [0.1, 0.15) is 5.56 Å². The smallest absolute Gasteiger partial charge is 0.123 e. The summed E-state index contributed by atoms with van der Waals surface area (Å²) in [4.78, 5) is 1.07. The highest BCUT2D eigenvalue weighted by molar-refractivity contribution is 7.98. The van der Waals surface area contributed by atoms with E-state index in [2.05, 4.69) is 0 Å². The van der Waals surface area contributed by atoms with Crippen molar-refractivity contribution in [3.63, 3.8) is 0 Å². The van der Waals surface area contributed by atoms with Crippen LogP contribution in [0.5, 0.6) is 0 Å². The van der Waals surface area contributed by atoms with Crippen LogP contribution < -0.4 is 0 Å². The molecule has 0 aliphatic rings. The lowest BCUT2D eigenvalue weighted by atomic mass is 10.2. The third-order valence-corrected chi connectivity index (χ3v) is 3.47. The molecule has 0 nitrogen and oxygen atoms in total. The average Bonchev–Trinajstić information content (AvgIpc) is 2.30. The lowest BCUT2D eigenvalue weighted by Gasteiger charge is -2.02. The van der Waals surface area contributed by atoms with Gasteiger partial charge in [0.05, 0.1) is 0 Å². The third-order valence-electron chi connectivity index (χ3n) is 2.13. The minimum Gasteiger partial charge on any atom is -0.207 e. The van der Waals surface area contributed by atoms with E-state index in [4.69, 9.17) is 11.6 Å². The molecule has 0 radical (unpaired) electrons. The van der Waals surface area contributed by atoms with Crippen molar-refractivity contribution in [1.29, 1.82) is 0 Å². The molecule has 0 saturated carbocycles. The van der Waals surface area contributed by atoms with Gasteiger partial charge in [0.2, 0.25) is 0 Å². The number of halogens is 2.